The van der Waals surface area contributed by atoms with E-state index in [1.54, 1.807) is 0 Å². The van der Waals surface area contributed by atoms with Crippen LogP contribution in [0.25, 0.3) is 0 Å². The third kappa shape index (κ3) is 12.3. The third-order valence-corrected chi connectivity index (χ3v) is 4.74. The molecule has 0 fully saturated rings. The number of aliphatic hydroxyl groups is 1. The molecule has 1 atom stereocenters. The van der Waals surface area contributed by atoms with Crippen molar-refractivity contribution in [2.75, 3.05) is 59.0 Å². The predicted molar refractivity (Wildman–Crippen MR) is 82.8 cm³/mol. The molecular formula is C11H26N2O7S2. The van der Waals surface area contributed by atoms with E-state index in [2.05, 4.69) is 0 Å². The van der Waals surface area contributed by atoms with Crippen LogP contribution in [0.1, 0.15) is 6.42 Å². The fraction of sp³-hybridized carbons (Fsp3) is 1.00. The van der Waals surface area contributed by atoms with Gasteiger partial charge in [0.1, 0.15) is 5.75 Å². The summed E-state index contributed by atoms with van der Waals surface area (Å²) in [7, 11) is -4.11. The second-order valence-corrected chi connectivity index (χ2v) is 8.77. The van der Waals surface area contributed by atoms with E-state index in [1.807, 2.05) is 19.0 Å². The fourth-order valence-corrected chi connectivity index (χ4v) is 3.12. The Morgan fingerprint density at radius 3 is 2.14 bits per heavy atom. The van der Waals surface area contributed by atoms with E-state index in [1.165, 1.54) is 0 Å². The second-order valence-electron chi connectivity index (χ2n) is 5.29. The van der Waals surface area contributed by atoms with Crippen molar-refractivity contribution >= 4 is 20.1 Å². The average molecular weight is 362 g/mol. The lowest BCUT2D eigenvalue weighted by Gasteiger charge is -2.22. The van der Waals surface area contributed by atoms with Crippen molar-refractivity contribution in [1.29, 1.82) is 0 Å². The monoisotopic (exact) mass is 362 g/mol. The first-order valence-corrected chi connectivity index (χ1v) is 10.2. The molecule has 11 heteroatoms. The van der Waals surface area contributed by atoms with Crippen molar-refractivity contribution < 1.29 is 31.2 Å². The van der Waals surface area contributed by atoms with Crippen molar-refractivity contribution in [1.82, 2.24) is 9.21 Å². The molecule has 0 aliphatic heterocycles. The van der Waals surface area contributed by atoms with Crippen LogP contribution in [-0.4, -0.2) is 101 Å². The molecule has 1 unspecified atom stereocenters. The normalized spacial score (nSPS) is 14.7. The van der Waals surface area contributed by atoms with Crippen LogP contribution in [0.2, 0.25) is 0 Å². The number of rotatable bonds is 12. The topological polar surface area (TPSA) is 124 Å². The van der Waals surface area contributed by atoms with Crippen LogP contribution in [0, 0.1) is 0 Å². The summed E-state index contributed by atoms with van der Waals surface area (Å²) >= 11 is 0. The summed E-state index contributed by atoms with van der Waals surface area (Å²) in [5.41, 5.74) is 0. The minimum absolute atomic E-state index is 0.00331. The molecule has 0 rings (SSSR count). The number of ether oxygens (including phenoxy) is 1. The maximum Gasteiger partial charge on any atom is 0.267 e. The lowest BCUT2D eigenvalue weighted by molar-refractivity contribution is 0.103. The third-order valence-electron chi connectivity index (χ3n) is 2.67. The van der Waals surface area contributed by atoms with Crippen LogP contribution < -0.4 is 0 Å². The van der Waals surface area contributed by atoms with E-state index in [-0.39, 0.29) is 13.2 Å². The highest BCUT2D eigenvalue weighted by molar-refractivity contribution is 7.88. The van der Waals surface area contributed by atoms with Crippen LogP contribution in [0.15, 0.2) is 0 Å². The van der Waals surface area contributed by atoms with Crippen molar-refractivity contribution in [3.63, 3.8) is 0 Å². The van der Waals surface area contributed by atoms with Crippen molar-refractivity contribution in [3.05, 3.63) is 0 Å². The smallest absolute Gasteiger partial charge is 0.267 e. The summed E-state index contributed by atoms with van der Waals surface area (Å²) in [6, 6.07) is 0. The zero-order chi connectivity index (χ0) is 17.4. The lowest BCUT2D eigenvalue weighted by atomic mass is 10.4. The van der Waals surface area contributed by atoms with Gasteiger partial charge >= 0.3 is 0 Å². The van der Waals surface area contributed by atoms with Gasteiger partial charge in [0.25, 0.3) is 10.1 Å². The highest BCUT2D eigenvalue weighted by Crippen LogP contribution is 2.02. The summed E-state index contributed by atoms with van der Waals surface area (Å²) in [4.78, 5) is 2.00. The number of hydrogen-bond acceptors (Lipinski definition) is 7. The minimum Gasteiger partial charge on any atom is -0.391 e. The molecule has 0 saturated heterocycles. The molecule has 0 aromatic rings. The first-order valence-electron chi connectivity index (χ1n) is 6.72. The Balaban J connectivity index is 4.27. The maximum absolute atomic E-state index is 11.6. The SMILES string of the molecule is CN(C)CCCOCCN(CC(O)CS(=O)(=O)O)S(C)(=O)=O. The molecule has 22 heavy (non-hydrogen) atoms. The molecule has 134 valence electrons. The van der Waals surface area contributed by atoms with Gasteiger partial charge in [0.15, 0.2) is 0 Å². The molecule has 2 N–H and O–H groups in total. The van der Waals surface area contributed by atoms with Crippen LogP contribution >= 0.6 is 0 Å². The molecule has 0 aromatic heterocycles. The highest BCUT2D eigenvalue weighted by Gasteiger charge is 2.23. The van der Waals surface area contributed by atoms with Gasteiger partial charge in [-0.15, -0.1) is 0 Å². The van der Waals surface area contributed by atoms with Gasteiger partial charge < -0.3 is 14.7 Å². The molecule has 0 bridgehead atoms. The van der Waals surface area contributed by atoms with E-state index in [4.69, 9.17) is 9.29 Å². The van der Waals surface area contributed by atoms with E-state index in [0.717, 1.165) is 23.5 Å². The summed E-state index contributed by atoms with van der Waals surface area (Å²) < 4.78 is 59.4. The van der Waals surface area contributed by atoms with Gasteiger partial charge in [-0.25, -0.2) is 8.42 Å². The highest BCUT2D eigenvalue weighted by atomic mass is 32.2. The van der Waals surface area contributed by atoms with Crippen LogP contribution in [-0.2, 0) is 24.9 Å². The van der Waals surface area contributed by atoms with E-state index in [9.17, 15) is 21.9 Å². The van der Waals surface area contributed by atoms with Gasteiger partial charge in [-0.2, -0.15) is 12.7 Å². The predicted octanol–water partition coefficient (Wildman–Crippen LogP) is -1.53. The van der Waals surface area contributed by atoms with Crippen molar-refractivity contribution in [3.8, 4) is 0 Å². The molecular weight excluding hydrogens is 336 g/mol. The molecule has 0 aliphatic carbocycles. The zero-order valence-corrected chi connectivity index (χ0v) is 14.8. The van der Waals surface area contributed by atoms with E-state index in [0.29, 0.717) is 6.61 Å². The summed E-state index contributed by atoms with van der Waals surface area (Å²) in [5, 5.41) is 9.53. The first kappa shape index (κ1) is 21.7. The van der Waals surface area contributed by atoms with Crippen molar-refractivity contribution in [2.24, 2.45) is 0 Å². The molecule has 0 aliphatic rings. The minimum atomic E-state index is -4.36. The van der Waals surface area contributed by atoms with Crippen molar-refractivity contribution in [2.45, 2.75) is 12.5 Å². The largest absolute Gasteiger partial charge is 0.391 e. The van der Waals surface area contributed by atoms with Gasteiger partial charge in [0.05, 0.1) is 19.0 Å². The molecule has 0 spiro atoms. The van der Waals surface area contributed by atoms with Gasteiger partial charge in [-0.05, 0) is 27.1 Å². The lowest BCUT2D eigenvalue weighted by Crippen LogP contribution is -2.41. The number of sulfonamides is 1. The molecule has 0 radical (unpaired) electrons. The van der Waals surface area contributed by atoms with Crippen LogP contribution in [0.4, 0.5) is 0 Å². The van der Waals surface area contributed by atoms with Gasteiger partial charge in [0, 0.05) is 19.7 Å². The standard InChI is InChI=1S/C11H26N2O7S2/c1-12(2)5-4-7-20-8-6-13(21(3,15)16)9-11(14)10-22(17,18)19/h11,14H,4-10H2,1-3H3,(H,17,18,19). The summed E-state index contributed by atoms with van der Waals surface area (Å²) in [6.45, 7) is 1.05. The Morgan fingerprint density at radius 1 is 1.09 bits per heavy atom. The Bertz CT molecular complexity index is 505. The maximum atomic E-state index is 11.6. The summed E-state index contributed by atoms with van der Waals surface area (Å²) in [6.07, 6.45) is 0.259. The Labute approximate surface area is 132 Å². The van der Waals surface area contributed by atoms with Crippen LogP contribution in [0.5, 0.6) is 0 Å². The number of hydrogen-bond donors (Lipinski definition) is 2. The van der Waals surface area contributed by atoms with E-state index < -0.39 is 38.5 Å². The average Bonchev–Trinajstić information content (AvgIpc) is 2.27. The molecule has 0 heterocycles. The Kier molecular flexibility index (Phi) is 9.62. The fourth-order valence-electron chi connectivity index (χ4n) is 1.67. The molecule has 0 aromatic carbocycles. The van der Waals surface area contributed by atoms with Gasteiger partial charge in [-0.3, -0.25) is 4.55 Å². The van der Waals surface area contributed by atoms with Gasteiger partial charge in [0.2, 0.25) is 10.0 Å². The summed E-state index contributed by atoms with van der Waals surface area (Å²) in [5.74, 6) is -0.914. The number of nitrogens with zero attached hydrogens (tertiary/aromatic N) is 2. The Hall–Kier alpha value is -0.300. The van der Waals surface area contributed by atoms with Gasteiger partial charge in [-0.1, -0.05) is 0 Å². The van der Waals surface area contributed by atoms with E-state index >= 15 is 0 Å². The molecule has 0 saturated carbocycles. The molecule has 9 nitrogen and oxygen atoms in total. The number of aliphatic hydroxyl groups excluding tert-OH is 1. The second kappa shape index (κ2) is 9.75. The Morgan fingerprint density at radius 2 is 1.68 bits per heavy atom. The first-order chi connectivity index (χ1) is 9.92. The molecule has 0 amide bonds. The quantitative estimate of drug-likeness (QED) is 0.316. The zero-order valence-electron chi connectivity index (χ0n) is 13.2. The van der Waals surface area contributed by atoms with Crippen LogP contribution in [0.3, 0.4) is 0 Å².